The SMILES string of the molecule is CC(CNC(C)c1ccc(Br)s1)c1ccccc1. The fourth-order valence-electron chi connectivity index (χ4n) is 1.91. The summed E-state index contributed by atoms with van der Waals surface area (Å²) in [6.07, 6.45) is 0. The Morgan fingerprint density at radius 2 is 1.83 bits per heavy atom. The standard InChI is InChI=1S/C15H18BrNS/c1-11(13-6-4-3-5-7-13)10-17-12(2)14-8-9-15(16)18-14/h3-9,11-12,17H,10H2,1-2H3. The molecule has 0 aliphatic heterocycles. The van der Waals surface area contributed by atoms with Gasteiger partial charge >= 0.3 is 0 Å². The van der Waals surface area contributed by atoms with E-state index in [2.05, 4.69) is 77.6 Å². The number of benzene rings is 1. The molecule has 2 aromatic rings. The van der Waals surface area contributed by atoms with E-state index in [-0.39, 0.29) is 0 Å². The molecule has 0 fully saturated rings. The van der Waals surface area contributed by atoms with E-state index < -0.39 is 0 Å². The molecule has 0 spiro atoms. The van der Waals surface area contributed by atoms with E-state index in [4.69, 9.17) is 0 Å². The quantitative estimate of drug-likeness (QED) is 0.819. The van der Waals surface area contributed by atoms with Gasteiger partial charge in [-0.15, -0.1) is 11.3 Å². The summed E-state index contributed by atoms with van der Waals surface area (Å²) in [6.45, 7) is 5.48. The van der Waals surface area contributed by atoms with Gasteiger partial charge in [0.1, 0.15) is 0 Å². The molecule has 0 aliphatic rings. The molecule has 18 heavy (non-hydrogen) atoms. The van der Waals surface area contributed by atoms with Crippen LogP contribution in [0.5, 0.6) is 0 Å². The van der Waals surface area contributed by atoms with Gasteiger partial charge in [-0.1, -0.05) is 37.3 Å². The van der Waals surface area contributed by atoms with Gasteiger partial charge in [0.05, 0.1) is 3.79 Å². The van der Waals surface area contributed by atoms with E-state index in [1.807, 2.05) is 0 Å². The second-order valence-electron chi connectivity index (χ2n) is 4.58. The molecular weight excluding hydrogens is 306 g/mol. The fourth-order valence-corrected chi connectivity index (χ4v) is 3.36. The van der Waals surface area contributed by atoms with Gasteiger partial charge in [-0.3, -0.25) is 0 Å². The van der Waals surface area contributed by atoms with E-state index in [0.29, 0.717) is 12.0 Å². The van der Waals surface area contributed by atoms with Crippen molar-refractivity contribution in [2.75, 3.05) is 6.54 Å². The number of halogens is 1. The molecule has 0 radical (unpaired) electrons. The van der Waals surface area contributed by atoms with Gasteiger partial charge in [-0.25, -0.2) is 0 Å². The summed E-state index contributed by atoms with van der Waals surface area (Å²) in [7, 11) is 0. The summed E-state index contributed by atoms with van der Waals surface area (Å²) >= 11 is 5.31. The van der Waals surface area contributed by atoms with Crippen molar-refractivity contribution in [2.45, 2.75) is 25.8 Å². The lowest BCUT2D eigenvalue weighted by Crippen LogP contribution is -2.22. The van der Waals surface area contributed by atoms with Crippen LogP contribution in [0.1, 0.15) is 36.2 Å². The van der Waals surface area contributed by atoms with E-state index in [1.54, 1.807) is 11.3 Å². The lowest BCUT2D eigenvalue weighted by Gasteiger charge is -2.17. The molecule has 2 atom stereocenters. The molecular formula is C15H18BrNS. The first-order valence-electron chi connectivity index (χ1n) is 6.20. The van der Waals surface area contributed by atoms with E-state index in [9.17, 15) is 0 Å². The van der Waals surface area contributed by atoms with Crippen molar-refractivity contribution in [1.29, 1.82) is 0 Å². The second kappa shape index (κ2) is 6.50. The van der Waals surface area contributed by atoms with Crippen LogP contribution in [0.4, 0.5) is 0 Å². The van der Waals surface area contributed by atoms with Gasteiger partial charge in [0.15, 0.2) is 0 Å². The normalized spacial score (nSPS) is 14.4. The molecule has 1 N–H and O–H groups in total. The van der Waals surface area contributed by atoms with Crippen LogP contribution in [0, 0.1) is 0 Å². The fraction of sp³-hybridized carbons (Fsp3) is 0.333. The molecule has 1 heterocycles. The maximum absolute atomic E-state index is 3.60. The van der Waals surface area contributed by atoms with Crippen LogP contribution in [-0.2, 0) is 0 Å². The molecule has 1 nitrogen and oxygen atoms in total. The van der Waals surface area contributed by atoms with E-state index >= 15 is 0 Å². The maximum Gasteiger partial charge on any atom is 0.0701 e. The highest BCUT2D eigenvalue weighted by Gasteiger charge is 2.10. The zero-order valence-electron chi connectivity index (χ0n) is 10.7. The molecule has 0 aliphatic carbocycles. The van der Waals surface area contributed by atoms with Crippen LogP contribution in [0.2, 0.25) is 0 Å². The molecule has 96 valence electrons. The van der Waals surface area contributed by atoms with Gasteiger partial charge in [0.2, 0.25) is 0 Å². The topological polar surface area (TPSA) is 12.0 Å². The number of hydrogen-bond acceptors (Lipinski definition) is 2. The third kappa shape index (κ3) is 3.67. The lowest BCUT2D eigenvalue weighted by molar-refractivity contribution is 0.543. The lowest BCUT2D eigenvalue weighted by atomic mass is 10.0. The Bertz CT molecular complexity index is 480. The average molecular weight is 324 g/mol. The molecule has 0 saturated carbocycles. The first-order chi connectivity index (χ1) is 8.66. The Morgan fingerprint density at radius 1 is 1.11 bits per heavy atom. The van der Waals surface area contributed by atoms with E-state index in [1.165, 1.54) is 14.2 Å². The molecule has 0 amide bonds. The van der Waals surface area contributed by atoms with Crippen LogP contribution in [0.3, 0.4) is 0 Å². The first kappa shape index (κ1) is 13.8. The highest BCUT2D eigenvalue weighted by Crippen LogP contribution is 2.27. The highest BCUT2D eigenvalue weighted by molar-refractivity contribution is 9.11. The average Bonchev–Trinajstić information content (AvgIpc) is 2.83. The predicted molar refractivity (Wildman–Crippen MR) is 83.3 cm³/mol. The summed E-state index contributed by atoms with van der Waals surface area (Å²) in [5.41, 5.74) is 1.39. The Kier molecular flexibility index (Phi) is 4.98. The minimum Gasteiger partial charge on any atom is -0.309 e. The molecule has 1 aromatic carbocycles. The van der Waals surface area contributed by atoms with Crippen molar-refractivity contribution in [2.24, 2.45) is 0 Å². The third-order valence-electron chi connectivity index (χ3n) is 3.12. The maximum atomic E-state index is 3.60. The van der Waals surface area contributed by atoms with Crippen LogP contribution in [-0.4, -0.2) is 6.54 Å². The summed E-state index contributed by atoms with van der Waals surface area (Å²) in [5.74, 6) is 0.539. The largest absolute Gasteiger partial charge is 0.309 e. The summed E-state index contributed by atoms with van der Waals surface area (Å²) < 4.78 is 1.20. The number of hydrogen-bond donors (Lipinski definition) is 1. The summed E-state index contributed by atoms with van der Waals surface area (Å²) in [6, 6.07) is 15.4. The highest BCUT2D eigenvalue weighted by atomic mass is 79.9. The number of nitrogens with one attached hydrogen (secondary N) is 1. The van der Waals surface area contributed by atoms with Crippen LogP contribution < -0.4 is 5.32 Å². The van der Waals surface area contributed by atoms with Gasteiger partial charge in [0.25, 0.3) is 0 Å². The van der Waals surface area contributed by atoms with Gasteiger partial charge in [0, 0.05) is 17.5 Å². The van der Waals surface area contributed by atoms with Gasteiger partial charge in [-0.2, -0.15) is 0 Å². The van der Waals surface area contributed by atoms with Crippen molar-refractivity contribution in [1.82, 2.24) is 5.32 Å². The third-order valence-corrected chi connectivity index (χ3v) is 4.93. The van der Waals surface area contributed by atoms with Gasteiger partial charge < -0.3 is 5.32 Å². The van der Waals surface area contributed by atoms with Crippen molar-refractivity contribution in [3.05, 3.63) is 56.7 Å². The molecule has 3 heteroatoms. The molecule has 2 rings (SSSR count). The Morgan fingerprint density at radius 3 is 2.44 bits per heavy atom. The Balaban J connectivity index is 1.88. The number of rotatable bonds is 5. The minimum atomic E-state index is 0.410. The zero-order valence-corrected chi connectivity index (χ0v) is 13.1. The van der Waals surface area contributed by atoms with Crippen LogP contribution in [0.25, 0.3) is 0 Å². The monoisotopic (exact) mass is 323 g/mol. The van der Waals surface area contributed by atoms with Crippen molar-refractivity contribution in [3.8, 4) is 0 Å². The van der Waals surface area contributed by atoms with Crippen LogP contribution in [0.15, 0.2) is 46.3 Å². The minimum absolute atomic E-state index is 0.410. The summed E-state index contributed by atoms with van der Waals surface area (Å²) in [5, 5.41) is 3.60. The molecule has 0 saturated heterocycles. The second-order valence-corrected chi connectivity index (χ2v) is 7.08. The molecule has 2 unspecified atom stereocenters. The first-order valence-corrected chi connectivity index (χ1v) is 7.81. The van der Waals surface area contributed by atoms with Crippen molar-refractivity contribution >= 4 is 27.3 Å². The summed E-state index contributed by atoms with van der Waals surface area (Å²) in [4.78, 5) is 1.38. The molecule has 1 aromatic heterocycles. The van der Waals surface area contributed by atoms with E-state index in [0.717, 1.165) is 6.54 Å². The Hall–Kier alpha value is -0.640. The predicted octanol–water partition coefficient (Wildman–Crippen LogP) is 4.96. The smallest absolute Gasteiger partial charge is 0.0701 e. The molecule has 0 bridgehead atoms. The van der Waals surface area contributed by atoms with Crippen molar-refractivity contribution < 1.29 is 0 Å². The van der Waals surface area contributed by atoms with Crippen LogP contribution >= 0.6 is 27.3 Å². The number of thiophene rings is 1. The zero-order chi connectivity index (χ0) is 13.0. The van der Waals surface area contributed by atoms with Crippen molar-refractivity contribution in [3.63, 3.8) is 0 Å². The van der Waals surface area contributed by atoms with Gasteiger partial charge in [-0.05, 0) is 46.5 Å². The Labute approximate surface area is 121 Å².